The molecule has 1 unspecified atom stereocenters. The lowest BCUT2D eigenvalue weighted by Crippen LogP contribution is -2.21. The molecule has 1 nitrogen and oxygen atoms in total. The molecule has 0 bridgehead atoms. The molecule has 78 valence electrons. The number of benzene rings is 1. The molecule has 0 aliphatic carbocycles. The number of hydrogen-bond acceptors (Lipinski definition) is 1. The van der Waals surface area contributed by atoms with Crippen LogP contribution in [0.25, 0.3) is 0 Å². The van der Waals surface area contributed by atoms with Crippen molar-refractivity contribution in [2.24, 2.45) is 0 Å². The monoisotopic (exact) mass is 192 g/mol. The molecule has 0 amide bonds. The summed E-state index contributed by atoms with van der Waals surface area (Å²) in [5, 5.41) is 9.70. The van der Waals surface area contributed by atoms with Gasteiger partial charge in [-0.05, 0) is 38.7 Å². The van der Waals surface area contributed by atoms with Crippen LogP contribution < -0.4 is 0 Å². The van der Waals surface area contributed by atoms with Crippen molar-refractivity contribution in [3.05, 3.63) is 35.4 Å². The van der Waals surface area contributed by atoms with Crippen molar-refractivity contribution in [2.45, 2.75) is 45.6 Å². The van der Waals surface area contributed by atoms with Crippen LogP contribution in [-0.2, 0) is 0 Å². The Morgan fingerprint density at radius 2 is 1.71 bits per heavy atom. The highest BCUT2D eigenvalue weighted by molar-refractivity contribution is 5.24. The standard InChI is InChI=1S/C13H20O/c1-10-5-7-12(8-6-10)11(2)9-13(3,4)14/h5-8,11,14H,9H2,1-4H3. The Kier molecular flexibility index (Phi) is 3.33. The summed E-state index contributed by atoms with van der Waals surface area (Å²) >= 11 is 0. The second-order valence-corrected chi connectivity index (χ2v) is 4.83. The fourth-order valence-corrected chi connectivity index (χ4v) is 1.76. The first-order chi connectivity index (χ1) is 6.38. The van der Waals surface area contributed by atoms with Crippen molar-refractivity contribution >= 4 is 0 Å². The highest BCUT2D eigenvalue weighted by atomic mass is 16.3. The summed E-state index contributed by atoms with van der Waals surface area (Å²) in [6.07, 6.45) is 0.802. The molecule has 1 rings (SSSR count). The number of aliphatic hydroxyl groups is 1. The van der Waals surface area contributed by atoms with Crippen LogP contribution in [0.2, 0.25) is 0 Å². The average molecular weight is 192 g/mol. The Hall–Kier alpha value is -0.820. The molecule has 0 radical (unpaired) electrons. The van der Waals surface area contributed by atoms with E-state index >= 15 is 0 Å². The molecule has 0 spiro atoms. The summed E-state index contributed by atoms with van der Waals surface area (Å²) in [4.78, 5) is 0. The molecule has 1 atom stereocenters. The first kappa shape index (κ1) is 11.3. The second-order valence-electron chi connectivity index (χ2n) is 4.83. The van der Waals surface area contributed by atoms with E-state index in [4.69, 9.17) is 0 Å². The zero-order valence-electron chi connectivity index (χ0n) is 9.54. The van der Waals surface area contributed by atoms with Gasteiger partial charge >= 0.3 is 0 Å². The predicted molar refractivity (Wildman–Crippen MR) is 60.5 cm³/mol. The molecule has 1 N–H and O–H groups in total. The van der Waals surface area contributed by atoms with Gasteiger partial charge < -0.3 is 5.11 Å². The fraction of sp³-hybridized carbons (Fsp3) is 0.538. The van der Waals surface area contributed by atoms with Crippen LogP contribution in [0.5, 0.6) is 0 Å². The lowest BCUT2D eigenvalue weighted by molar-refractivity contribution is 0.0647. The number of aryl methyl sites for hydroxylation is 1. The van der Waals surface area contributed by atoms with E-state index in [-0.39, 0.29) is 0 Å². The normalized spacial score (nSPS) is 14.1. The third-order valence-corrected chi connectivity index (χ3v) is 2.45. The van der Waals surface area contributed by atoms with Crippen LogP contribution in [0.1, 0.15) is 44.2 Å². The van der Waals surface area contributed by atoms with Gasteiger partial charge in [0, 0.05) is 0 Å². The Labute approximate surface area is 86.8 Å². The van der Waals surface area contributed by atoms with Gasteiger partial charge in [0.25, 0.3) is 0 Å². The average Bonchev–Trinajstić information content (AvgIpc) is 2.02. The SMILES string of the molecule is Cc1ccc(C(C)CC(C)(C)O)cc1. The first-order valence-electron chi connectivity index (χ1n) is 5.17. The van der Waals surface area contributed by atoms with E-state index in [0.29, 0.717) is 5.92 Å². The molecule has 0 aliphatic heterocycles. The molecule has 1 heteroatoms. The topological polar surface area (TPSA) is 20.2 Å². The van der Waals surface area contributed by atoms with E-state index < -0.39 is 5.60 Å². The second kappa shape index (κ2) is 4.14. The zero-order chi connectivity index (χ0) is 10.8. The van der Waals surface area contributed by atoms with Gasteiger partial charge in [-0.25, -0.2) is 0 Å². The van der Waals surface area contributed by atoms with Crippen molar-refractivity contribution < 1.29 is 5.11 Å². The summed E-state index contributed by atoms with van der Waals surface area (Å²) in [7, 11) is 0. The maximum atomic E-state index is 9.70. The molecule has 0 fully saturated rings. The van der Waals surface area contributed by atoms with Gasteiger partial charge in [0.05, 0.1) is 5.60 Å². The largest absolute Gasteiger partial charge is 0.390 e. The lowest BCUT2D eigenvalue weighted by atomic mass is 9.89. The van der Waals surface area contributed by atoms with Crippen molar-refractivity contribution in [3.8, 4) is 0 Å². The van der Waals surface area contributed by atoms with Crippen LogP contribution in [0, 0.1) is 6.92 Å². The minimum absolute atomic E-state index is 0.413. The van der Waals surface area contributed by atoms with Crippen LogP contribution in [-0.4, -0.2) is 10.7 Å². The Bertz CT molecular complexity index is 279. The number of hydrogen-bond donors (Lipinski definition) is 1. The van der Waals surface area contributed by atoms with Gasteiger partial charge in [-0.1, -0.05) is 36.8 Å². The van der Waals surface area contributed by atoms with E-state index in [1.165, 1.54) is 11.1 Å². The smallest absolute Gasteiger partial charge is 0.0597 e. The fourth-order valence-electron chi connectivity index (χ4n) is 1.76. The van der Waals surface area contributed by atoms with E-state index in [9.17, 15) is 5.11 Å². The molecule has 0 aromatic heterocycles. The molecule has 0 saturated carbocycles. The highest BCUT2D eigenvalue weighted by Gasteiger charge is 2.17. The molecule has 0 aliphatic rings. The Morgan fingerprint density at radius 3 is 2.14 bits per heavy atom. The van der Waals surface area contributed by atoms with E-state index in [1.807, 2.05) is 13.8 Å². The summed E-state index contributed by atoms with van der Waals surface area (Å²) in [5.74, 6) is 0.413. The van der Waals surface area contributed by atoms with Crippen LogP contribution in [0.15, 0.2) is 24.3 Å². The van der Waals surface area contributed by atoms with Crippen molar-refractivity contribution in [1.82, 2.24) is 0 Å². The van der Waals surface area contributed by atoms with Gasteiger partial charge in [-0.3, -0.25) is 0 Å². The Morgan fingerprint density at radius 1 is 1.21 bits per heavy atom. The lowest BCUT2D eigenvalue weighted by Gasteiger charge is -2.22. The third kappa shape index (κ3) is 3.51. The maximum absolute atomic E-state index is 9.70. The summed E-state index contributed by atoms with van der Waals surface area (Å²) in [5.41, 5.74) is 2.01. The van der Waals surface area contributed by atoms with Crippen LogP contribution in [0.3, 0.4) is 0 Å². The summed E-state index contributed by atoms with van der Waals surface area (Å²) in [6, 6.07) is 8.53. The molecular weight excluding hydrogens is 172 g/mol. The first-order valence-corrected chi connectivity index (χ1v) is 5.17. The van der Waals surface area contributed by atoms with Gasteiger partial charge in [-0.2, -0.15) is 0 Å². The molecular formula is C13H20O. The molecule has 14 heavy (non-hydrogen) atoms. The van der Waals surface area contributed by atoms with Gasteiger partial charge in [-0.15, -0.1) is 0 Å². The maximum Gasteiger partial charge on any atom is 0.0597 e. The van der Waals surface area contributed by atoms with Crippen LogP contribution in [0.4, 0.5) is 0 Å². The van der Waals surface area contributed by atoms with Gasteiger partial charge in [0.15, 0.2) is 0 Å². The minimum Gasteiger partial charge on any atom is -0.390 e. The van der Waals surface area contributed by atoms with Gasteiger partial charge in [0.2, 0.25) is 0 Å². The molecule has 0 saturated heterocycles. The number of rotatable bonds is 3. The highest BCUT2D eigenvalue weighted by Crippen LogP contribution is 2.25. The van der Waals surface area contributed by atoms with E-state index in [0.717, 1.165) is 6.42 Å². The van der Waals surface area contributed by atoms with Gasteiger partial charge in [0.1, 0.15) is 0 Å². The quantitative estimate of drug-likeness (QED) is 0.779. The third-order valence-electron chi connectivity index (χ3n) is 2.45. The molecule has 1 aromatic rings. The Balaban J connectivity index is 2.70. The van der Waals surface area contributed by atoms with Crippen LogP contribution >= 0.6 is 0 Å². The van der Waals surface area contributed by atoms with E-state index in [1.54, 1.807) is 0 Å². The summed E-state index contributed by atoms with van der Waals surface area (Å²) in [6.45, 7) is 7.96. The molecule has 0 heterocycles. The van der Waals surface area contributed by atoms with Crippen molar-refractivity contribution in [2.75, 3.05) is 0 Å². The van der Waals surface area contributed by atoms with Crippen molar-refractivity contribution in [1.29, 1.82) is 0 Å². The van der Waals surface area contributed by atoms with Crippen molar-refractivity contribution in [3.63, 3.8) is 0 Å². The predicted octanol–water partition coefficient (Wildman–Crippen LogP) is 3.26. The van der Waals surface area contributed by atoms with E-state index in [2.05, 4.69) is 38.1 Å². The summed E-state index contributed by atoms with van der Waals surface area (Å²) < 4.78 is 0. The minimum atomic E-state index is -0.579. The molecule has 1 aromatic carbocycles. The zero-order valence-corrected chi connectivity index (χ0v) is 9.54.